The Morgan fingerprint density at radius 1 is 0.510 bits per heavy atom. The summed E-state index contributed by atoms with van der Waals surface area (Å²) >= 11 is 0. The first-order valence-electron chi connectivity index (χ1n) is 48.4. The van der Waals surface area contributed by atoms with Crippen LogP contribution in [0.5, 0.6) is 0 Å². The second-order valence-corrected chi connectivity index (χ2v) is 40.9. The molecule has 4 aliphatic heterocycles. The van der Waals surface area contributed by atoms with Crippen molar-refractivity contribution in [2.75, 3.05) is 116 Å². The highest BCUT2D eigenvalue weighted by atomic mass is 33.1. The van der Waals surface area contributed by atoms with Crippen molar-refractivity contribution in [3.63, 3.8) is 0 Å². The van der Waals surface area contributed by atoms with Gasteiger partial charge in [0.1, 0.15) is 72.5 Å². The summed E-state index contributed by atoms with van der Waals surface area (Å²) in [5, 5.41) is 89.3. The van der Waals surface area contributed by atoms with E-state index in [1.807, 2.05) is 6.07 Å². The molecule has 4 saturated heterocycles. The van der Waals surface area contributed by atoms with Crippen molar-refractivity contribution in [3.05, 3.63) is 120 Å². The zero-order valence-corrected chi connectivity index (χ0v) is 83.4. The van der Waals surface area contributed by atoms with E-state index in [-0.39, 0.29) is 123 Å². The van der Waals surface area contributed by atoms with Crippen LogP contribution < -0.4 is 80.6 Å². The molecule has 0 unspecified atom stereocenters. The summed E-state index contributed by atoms with van der Waals surface area (Å²) in [5.74, 6) is -21.9. The fourth-order valence-corrected chi connectivity index (χ4v) is 20.4. The first kappa shape index (κ1) is 114. The van der Waals surface area contributed by atoms with Gasteiger partial charge in [-0.15, -0.1) is 0 Å². The standard InChI is InChI=1S/C97H134N22O24S2/c1-55(120)84(114-91(138)70(104-56(2)121)42-61-47-102-65-19-10-8-17-63(61)65)95(142)111-74(46-97(3,4)5)92(139)113-75-53-144-145-54-76(94(141)110-73(96(143)119-30-14-22-77(119)85(99)132)43-62-48-103-66-20-11-9-18-64(62)66)112-90(137)72(45-80(124)125)109-86(133)67(21-12-13-27-101-79(123)49-115-31-33-116(50-81(126)127)35-37-118(52-83(130)131)38-36-117(34-32-115)51-82(128)129)105-87(134)69(41-58-23-24-59-15-6-7-16-60(59)39-58)106-89(136)71(44-78(98)122)108-88(135)68(107-93(75)140)40-57-25-28-100-29-26-57/h6-11,15-20,23-24,39,47-48,55,57,67-77,84,100,102-103,120H,12-14,21-22,25-38,40-46,49-54H2,1-5H3,(H2,98,122)(H2,99,132)(H,101,123)(H,104,121)(H,105,134)(H,106,136)(H,107,140)(H,108,135)(H,109,133)(H,110,141)(H,111,142)(H,112,137)(H,113,139)(H,114,138)(H,124,125)(H,126,127)(H,128,129)(H,130,131)/t55-,67+,68+,69+,70+,71+,72+,73+,74+,75+,76+,77+,84+/m1/s1. The number of aromatic nitrogens is 2. The molecular formula is C97H134N22O24S2. The Labute approximate surface area is 844 Å². The number of nitrogens with two attached hydrogens (primary N) is 2. The summed E-state index contributed by atoms with van der Waals surface area (Å²) < 4.78 is 0. The summed E-state index contributed by atoms with van der Waals surface area (Å²) in [4.78, 5) is 286. The molecule has 13 atom stereocenters. The number of hydrogen-bond acceptors (Lipinski definition) is 27. The lowest BCUT2D eigenvalue weighted by molar-refractivity contribution is -0.142. The Morgan fingerprint density at radius 2 is 1.02 bits per heavy atom. The summed E-state index contributed by atoms with van der Waals surface area (Å²) in [6, 6.07) is 5.78. The highest BCUT2D eigenvalue weighted by Gasteiger charge is 2.43. The van der Waals surface area contributed by atoms with Gasteiger partial charge in [-0.05, 0) is 129 Å². The predicted molar refractivity (Wildman–Crippen MR) is 535 cm³/mol. The van der Waals surface area contributed by atoms with Crippen LogP contribution >= 0.6 is 21.6 Å². The number of rotatable bonds is 38. The van der Waals surface area contributed by atoms with Gasteiger partial charge in [-0.2, -0.15) is 0 Å². The Hall–Kier alpha value is -13.4. The molecule has 6 heterocycles. The number of carboxylic acid groups (broad SMARTS) is 4. The third-order valence-electron chi connectivity index (χ3n) is 25.5. The molecule has 0 saturated carbocycles. The van der Waals surface area contributed by atoms with Crippen LogP contribution in [0.4, 0.5) is 0 Å². The lowest BCUT2D eigenvalue weighted by Gasteiger charge is -2.32. The van der Waals surface area contributed by atoms with E-state index in [4.69, 9.17) is 11.5 Å². The number of H-pyrrole nitrogens is 2. The molecule has 46 nitrogen and oxygen atoms in total. The van der Waals surface area contributed by atoms with Gasteiger partial charge in [0.2, 0.25) is 88.6 Å². The van der Waals surface area contributed by atoms with Crippen LogP contribution in [0.25, 0.3) is 32.6 Å². The maximum absolute atomic E-state index is 15.8. The maximum Gasteiger partial charge on any atom is 0.317 e. The number of carboxylic acids is 4. The average molecular weight is 2060 g/mol. The molecule has 4 aromatic carbocycles. The fourth-order valence-electron chi connectivity index (χ4n) is 18.0. The first-order valence-corrected chi connectivity index (χ1v) is 50.9. The number of unbranched alkanes of at least 4 members (excludes halogenated alkanes) is 1. The van der Waals surface area contributed by atoms with Crippen molar-refractivity contribution in [2.24, 2.45) is 22.8 Å². The third kappa shape index (κ3) is 36.1. The van der Waals surface area contributed by atoms with Crippen molar-refractivity contribution >= 4 is 167 Å². The van der Waals surface area contributed by atoms with Gasteiger partial charge in [0, 0.05) is 137 Å². The first-order chi connectivity index (χ1) is 69.0. The molecule has 0 bridgehead atoms. The van der Waals surface area contributed by atoms with Gasteiger partial charge in [0.15, 0.2) is 0 Å². The van der Waals surface area contributed by atoms with Gasteiger partial charge in [-0.3, -0.25) is 111 Å². The Kier molecular flexibility index (Phi) is 43.1. The van der Waals surface area contributed by atoms with E-state index in [0.29, 0.717) is 65.3 Å². The van der Waals surface area contributed by atoms with E-state index in [0.717, 1.165) is 37.9 Å². The van der Waals surface area contributed by atoms with Crippen LogP contribution in [-0.2, 0) is 110 Å². The number of hydrogen-bond donors (Lipinski definition) is 22. The number of aliphatic carboxylic acids is 4. The molecule has 2 aromatic heterocycles. The maximum atomic E-state index is 15.8. The van der Waals surface area contributed by atoms with Crippen LogP contribution in [0.3, 0.4) is 0 Å². The second kappa shape index (κ2) is 55.1. The minimum atomic E-state index is -2.18. The highest BCUT2D eigenvalue weighted by Crippen LogP contribution is 2.30. The Morgan fingerprint density at radius 3 is 1.58 bits per heavy atom. The monoisotopic (exact) mass is 2050 g/mol. The number of piperidine rings is 1. The number of carbonyl (C=O) groups is 19. The number of fused-ring (bicyclic) bond motifs is 3. The van der Waals surface area contributed by atoms with Crippen molar-refractivity contribution in [1.29, 1.82) is 0 Å². The van der Waals surface area contributed by atoms with Crippen LogP contribution in [0.2, 0.25) is 0 Å². The van der Waals surface area contributed by atoms with E-state index in [2.05, 4.69) is 79.1 Å². The molecule has 0 aliphatic carbocycles. The fraction of sp³-hybridized carbons (Fsp3) is 0.536. The van der Waals surface area contributed by atoms with Crippen LogP contribution in [0.1, 0.15) is 122 Å². The second-order valence-electron chi connectivity index (χ2n) is 38.3. The van der Waals surface area contributed by atoms with Crippen LogP contribution in [0.15, 0.2) is 103 Å². The van der Waals surface area contributed by atoms with Crippen molar-refractivity contribution in [2.45, 2.75) is 203 Å². The quantitative estimate of drug-likeness (QED) is 0.0139. The Balaban J connectivity index is 1.02. The number of benzene rings is 4. The molecule has 48 heteroatoms. The molecule has 15 amide bonds. The zero-order valence-electron chi connectivity index (χ0n) is 81.7. The smallest absolute Gasteiger partial charge is 0.317 e. The third-order valence-corrected chi connectivity index (χ3v) is 28.0. The Bertz CT molecular complexity index is 5580. The van der Waals surface area contributed by atoms with Crippen LogP contribution in [-0.4, -0.2) is 367 Å². The van der Waals surface area contributed by atoms with Crippen molar-refractivity contribution < 1.29 is 117 Å². The minimum absolute atomic E-state index is 0.0212. The van der Waals surface area contributed by atoms with E-state index in [1.54, 1.807) is 138 Å². The average Bonchev–Trinajstić information content (AvgIpc) is 1.59. The molecule has 788 valence electrons. The van der Waals surface area contributed by atoms with Gasteiger partial charge in [-0.25, -0.2) is 0 Å². The number of aliphatic hydroxyl groups excluding tert-OH is 1. The van der Waals surface area contributed by atoms with Crippen molar-refractivity contribution in [1.82, 2.24) is 104 Å². The number of primary amides is 2. The molecule has 145 heavy (non-hydrogen) atoms. The summed E-state index contributed by atoms with van der Waals surface area (Å²) in [7, 11) is 1.54. The van der Waals surface area contributed by atoms with Gasteiger partial charge in [-0.1, -0.05) is 121 Å². The number of amides is 15. The number of aliphatic hydroxyl groups is 1. The normalized spacial score (nSPS) is 21.5. The van der Waals surface area contributed by atoms with Gasteiger partial charge < -0.3 is 121 Å². The molecular weight excluding hydrogens is 1920 g/mol. The summed E-state index contributed by atoms with van der Waals surface area (Å²) in [6.45, 7) is 7.60. The van der Waals surface area contributed by atoms with Gasteiger partial charge >= 0.3 is 23.9 Å². The molecule has 4 aliphatic rings. The number of aromatic amines is 2. The van der Waals surface area contributed by atoms with E-state index < -0.39 is 253 Å². The molecule has 24 N–H and O–H groups in total. The minimum Gasteiger partial charge on any atom is -0.481 e. The highest BCUT2D eigenvalue weighted by molar-refractivity contribution is 8.76. The SMILES string of the molecule is CC(=O)N[C@@H](Cc1c[nH]c2ccccc12)C(=O)N[C@H](C(=O)N[C@@H](CC(C)(C)C)C(=O)N[C@H]1CSSC[C@@H](C(=O)N[C@@H](Cc2c[nH]c3ccccc23)C(=O)N2CCC[C@H]2C(N)=O)NC(=O)[C@H](CC(=O)O)NC(=O)[C@H](CCCCNC(=O)CN2CCN(CC(=O)O)CCN(CC(=O)O)CCN(CC(=O)O)CC2)NC(=O)[C@H](Cc2ccc3ccccc3c2)NC(=O)[C@H](CC(N)=O)NC(=O)[C@H](CC2CCNCC2)NC1=O)[C@@H](C)O. The topological polar surface area (TPSA) is 682 Å². The van der Waals surface area contributed by atoms with Gasteiger partial charge in [0.25, 0.3) is 0 Å². The molecule has 4 fully saturated rings. The van der Waals surface area contributed by atoms with E-state index in [1.165, 1.54) is 18.7 Å². The summed E-state index contributed by atoms with van der Waals surface area (Å²) in [6.07, 6.45) is -0.819. The lowest BCUT2D eigenvalue weighted by Crippen LogP contribution is -2.62. The van der Waals surface area contributed by atoms with E-state index in [9.17, 15) is 73.5 Å². The number of nitrogens with one attached hydrogen (secondary N) is 15. The van der Waals surface area contributed by atoms with Crippen LogP contribution in [0, 0.1) is 11.3 Å². The number of para-hydroxylation sites is 2. The van der Waals surface area contributed by atoms with Crippen molar-refractivity contribution in [3.8, 4) is 0 Å². The number of carbonyl (C=O) groups excluding carboxylic acids is 15. The van der Waals surface area contributed by atoms with E-state index >= 15 is 43.2 Å². The lowest BCUT2D eigenvalue weighted by atomic mass is 9.87. The molecule has 0 spiro atoms. The number of nitrogens with zero attached hydrogens (tertiary/aromatic N) is 5. The zero-order chi connectivity index (χ0) is 105. The summed E-state index contributed by atoms with van der Waals surface area (Å²) in [5.41, 5.74) is 13.8. The molecule has 10 rings (SSSR count). The predicted octanol–water partition coefficient (Wildman–Crippen LogP) is -2.63. The molecule has 6 aromatic rings. The molecule has 0 radical (unpaired) electrons. The van der Waals surface area contributed by atoms with Gasteiger partial charge in [0.05, 0.1) is 45.1 Å². The largest absolute Gasteiger partial charge is 0.481 e. The number of likely N-dealkylation sites (tertiary alicyclic amines) is 1.